The Morgan fingerprint density at radius 3 is 1.55 bits per heavy atom. The molecule has 0 aliphatic rings. The van der Waals surface area contributed by atoms with Crippen molar-refractivity contribution >= 4 is 47.5 Å². The van der Waals surface area contributed by atoms with E-state index in [1.54, 1.807) is 0 Å². The number of nitrogens with two attached hydrogens (primary N) is 6. The van der Waals surface area contributed by atoms with Gasteiger partial charge in [-0.05, 0) is 32.1 Å². The molecule has 0 heterocycles. The molecule has 0 aromatic rings. The summed E-state index contributed by atoms with van der Waals surface area (Å²) in [6.45, 7) is 0.322. The van der Waals surface area contributed by atoms with E-state index in [9.17, 15) is 33.9 Å². The van der Waals surface area contributed by atoms with Crippen molar-refractivity contribution in [3.05, 3.63) is 0 Å². The summed E-state index contributed by atoms with van der Waals surface area (Å²) in [5.41, 5.74) is 32.0. The van der Waals surface area contributed by atoms with Crippen molar-refractivity contribution in [1.82, 2.24) is 16.0 Å². The molecule has 0 aromatic carbocycles. The molecule has 19 heteroatoms. The van der Waals surface area contributed by atoms with Crippen LogP contribution in [0.4, 0.5) is 0 Å². The summed E-state index contributed by atoms with van der Waals surface area (Å²) < 4.78 is 0. The summed E-state index contributed by atoms with van der Waals surface area (Å²) in [6.07, 6.45) is -1.02. The molecule has 19 nitrogen and oxygen atoms in total. The fraction of sp³-hybridized carbons (Fsp3) is 0.619. The highest BCUT2D eigenvalue weighted by atomic mass is 16.4. The van der Waals surface area contributed by atoms with Crippen LogP contribution < -0.4 is 50.4 Å². The molecular formula is C21H39N11O8. The SMILES string of the molecule is NC(=O)CC(NC(=O)C(CCC(=O)O)NC(=O)C(CCCN=C(N)N)NC(=O)C(N)CCCN=C(N)N)C(=O)O. The van der Waals surface area contributed by atoms with E-state index in [0.29, 0.717) is 6.42 Å². The highest BCUT2D eigenvalue weighted by Gasteiger charge is 2.31. The van der Waals surface area contributed by atoms with E-state index in [4.69, 9.17) is 39.5 Å². The maximum absolute atomic E-state index is 13.1. The van der Waals surface area contributed by atoms with Gasteiger partial charge in [0.15, 0.2) is 11.9 Å². The Morgan fingerprint density at radius 2 is 1.10 bits per heavy atom. The highest BCUT2D eigenvalue weighted by Crippen LogP contribution is 2.06. The van der Waals surface area contributed by atoms with E-state index >= 15 is 0 Å². The van der Waals surface area contributed by atoms with Gasteiger partial charge in [0.2, 0.25) is 23.6 Å². The maximum Gasteiger partial charge on any atom is 0.326 e. The average molecular weight is 574 g/mol. The fourth-order valence-electron chi connectivity index (χ4n) is 3.18. The largest absolute Gasteiger partial charge is 0.481 e. The molecule has 0 aliphatic heterocycles. The standard InChI is InChI=1S/C21H39N11O8/c22-10(3-1-7-28-20(24)25)16(36)30-11(4-2-8-29-21(26)27)17(37)31-12(5-6-15(34)35)18(38)32-13(19(39)40)9-14(23)33/h10-13H,1-9,22H2,(H2,23,33)(H,30,36)(H,31,37)(H,32,38)(H,34,35)(H,39,40)(H4,24,25,28)(H4,26,27,29). The van der Waals surface area contributed by atoms with Gasteiger partial charge >= 0.3 is 11.9 Å². The summed E-state index contributed by atoms with van der Waals surface area (Å²) in [6, 6.07) is -5.56. The fourth-order valence-corrected chi connectivity index (χ4v) is 3.18. The first-order valence-corrected chi connectivity index (χ1v) is 12.1. The smallest absolute Gasteiger partial charge is 0.326 e. The summed E-state index contributed by atoms with van der Waals surface area (Å²) in [5.74, 6) is -6.88. The van der Waals surface area contributed by atoms with Gasteiger partial charge in [-0.1, -0.05) is 0 Å². The van der Waals surface area contributed by atoms with E-state index in [0.717, 1.165) is 0 Å². The van der Waals surface area contributed by atoms with Gasteiger partial charge < -0.3 is 60.6 Å². The van der Waals surface area contributed by atoms with Crippen LogP contribution in [-0.2, 0) is 28.8 Å². The number of carboxylic acids is 2. The number of hydrogen-bond acceptors (Lipinski definition) is 9. The van der Waals surface area contributed by atoms with Gasteiger partial charge in [-0.15, -0.1) is 0 Å². The molecule has 17 N–H and O–H groups in total. The predicted octanol–water partition coefficient (Wildman–Crippen LogP) is -5.30. The van der Waals surface area contributed by atoms with Crippen LogP contribution in [0.15, 0.2) is 9.98 Å². The van der Waals surface area contributed by atoms with Gasteiger partial charge in [0.25, 0.3) is 0 Å². The molecule has 4 amide bonds. The second kappa shape index (κ2) is 18.6. The molecule has 40 heavy (non-hydrogen) atoms. The van der Waals surface area contributed by atoms with Gasteiger partial charge in [-0.2, -0.15) is 0 Å². The second-order valence-corrected chi connectivity index (χ2v) is 8.63. The predicted molar refractivity (Wildman–Crippen MR) is 142 cm³/mol. The monoisotopic (exact) mass is 573 g/mol. The topological polar surface area (TPSA) is 360 Å². The van der Waals surface area contributed by atoms with Crippen molar-refractivity contribution in [3.8, 4) is 0 Å². The van der Waals surface area contributed by atoms with Crippen molar-refractivity contribution < 1.29 is 39.0 Å². The zero-order chi connectivity index (χ0) is 30.8. The number of carbonyl (C=O) groups is 6. The third-order valence-corrected chi connectivity index (χ3v) is 5.18. The van der Waals surface area contributed by atoms with Crippen molar-refractivity contribution in [2.24, 2.45) is 44.4 Å². The van der Waals surface area contributed by atoms with Crippen LogP contribution in [0.3, 0.4) is 0 Å². The van der Waals surface area contributed by atoms with Gasteiger partial charge in [-0.3, -0.25) is 34.0 Å². The number of hydrogen-bond donors (Lipinski definition) is 11. The van der Waals surface area contributed by atoms with Crippen molar-refractivity contribution in [2.45, 2.75) is 69.1 Å². The lowest BCUT2D eigenvalue weighted by Gasteiger charge is -2.25. The number of rotatable bonds is 20. The van der Waals surface area contributed by atoms with Crippen LogP contribution in [0.2, 0.25) is 0 Å². The molecule has 4 unspecified atom stereocenters. The molecule has 0 saturated heterocycles. The molecule has 4 atom stereocenters. The first-order chi connectivity index (χ1) is 18.6. The summed E-state index contributed by atoms with van der Waals surface area (Å²) in [4.78, 5) is 79.7. The zero-order valence-electron chi connectivity index (χ0n) is 21.9. The van der Waals surface area contributed by atoms with Crippen molar-refractivity contribution in [3.63, 3.8) is 0 Å². The quantitative estimate of drug-likeness (QED) is 0.0368. The minimum absolute atomic E-state index is 0.0121. The summed E-state index contributed by atoms with van der Waals surface area (Å²) in [7, 11) is 0. The Balaban J connectivity index is 5.67. The number of carbonyl (C=O) groups excluding carboxylic acids is 4. The van der Waals surface area contributed by atoms with Gasteiger partial charge in [0.1, 0.15) is 18.1 Å². The molecule has 0 rings (SSSR count). The lowest BCUT2D eigenvalue weighted by atomic mass is 10.1. The molecule has 0 fully saturated rings. The Bertz CT molecular complexity index is 964. The number of nitrogens with zero attached hydrogens (tertiary/aromatic N) is 2. The second-order valence-electron chi connectivity index (χ2n) is 8.63. The Morgan fingerprint density at radius 1 is 0.650 bits per heavy atom. The number of aliphatic imine (C=N–C) groups is 2. The number of primary amides is 1. The normalized spacial score (nSPS) is 13.4. The first-order valence-electron chi connectivity index (χ1n) is 12.1. The van der Waals surface area contributed by atoms with E-state index in [2.05, 4.69) is 20.6 Å². The van der Waals surface area contributed by atoms with Crippen LogP contribution in [0.5, 0.6) is 0 Å². The van der Waals surface area contributed by atoms with E-state index < -0.39 is 79.0 Å². The van der Waals surface area contributed by atoms with Crippen LogP contribution in [-0.4, -0.2) is 95.0 Å². The van der Waals surface area contributed by atoms with Gasteiger partial charge in [0, 0.05) is 19.5 Å². The lowest BCUT2D eigenvalue weighted by Crippen LogP contribution is -2.57. The average Bonchev–Trinajstić information content (AvgIpc) is 2.84. The number of aliphatic carboxylic acids is 2. The molecule has 0 saturated carbocycles. The third kappa shape index (κ3) is 16.2. The zero-order valence-corrected chi connectivity index (χ0v) is 21.9. The van der Waals surface area contributed by atoms with Gasteiger partial charge in [-0.25, -0.2) is 4.79 Å². The molecule has 0 radical (unpaired) electrons. The molecule has 0 spiro atoms. The minimum Gasteiger partial charge on any atom is -0.481 e. The third-order valence-electron chi connectivity index (χ3n) is 5.18. The van der Waals surface area contributed by atoms with Crippen LogP contribution in [0, 0.1) is 0 Å². The first kappa shape index (κ1) is 35.3. The summed E-state index contributed by atoms with van der Waals surface area (Å²) >= 11 is 0. The van der Waals surface area contributed by atoms with Gasteiger partial charge in [0.05, 0.1) is 12.5 Å². The minimum atomic E-state index is -1.72. The Hall–Kier alpha value is -4.68. The molecular weight excluding hydrogens is 534 g/mol. The maximum atomic E-state index is 13.1. The number of carboxylic acid groups (broad SMARTS) is 2. The number of amides is 4. The Kier molecular flexibility index (Phi) is 16.4. The molecule has 226 valence electrons. The highest BCUT2D eigenvalue weighted by molar-refractivity contribution is 5.95. The van der Waals surface area contributed by atoms with Crippen LogP contribution in [0.1, 0.15) is 44.9 Å². The van der Waals surface area contributed by atoms with Crippen molar-refractivity contribution in [2.75, 3.05) is 13.1 Å². The molecule has 0 aliphatic carbocycles. The van der Waals surface area contributed by atoms with E-state index in [1.165, 1.54) is 0 Å². The van der Waals surface area contributed by atoms with Crippen LogP contribution >= 0.6 is 0 Å². The summed E-state index contributed by atoms with van der Waals surface area (Å²) in [5, 5.41) is 25.1. The van der Waals surface area contributed by atoms with E-state index in [-0.39, 0.29) is 44.3 Å². The van der Waals surface area contributed by atoms with Crippen LogP contribution in [0.25, 0.3) is 0 Å². The lowest BCUT2D eigenvalue weighted by molar-refractivity contribution is -0.144. The Labute approximate surface area is 229 Å². The number of nitrogens with one attached hydrogen (secondary N) is 3. The molecule has 0 bridgehead atoms. The number of guanidine groups is 2. The molecule has 0 aromatic heterocycles. The van der Waals surface area contributed by atoms with E-state index in [1.807, 2.05) is 5.32 Å². The van der Waals surface area contributed by atoms with Crippen molar-refractivity contribution in [1.29, 1.82) is 0 Å².